The molecule has 5 nitrogen and oxygen atoms in total. The largest absolute Gasteiger partial charge is 0.376 e. The van der Waals surface area contributed by atoms with Gasteiger partial charge in [-0.25, -0.2) is 4.98 Å². The highest BCUT2D eigenvalue weighted by molar-refractivity contribution is 5.48. The zero-order chi connectivity index (χ0) is 13.1. The van der Waals surface area contributed by atoms with Crippen LogP contribution in [0.15, 0.2) is 6.20 Å². The summed E-state index contributed by atoms with van der Waals surface area (Å²) in [4.78, 5) is 13.1. The highest BCUT2D eigenvalue weighted by atomic mass is 16.5. The number of hydrogen-bond acceptors (Lipinski definition) is 5. The minimum atomic E-state index is 0.322. The molecule has 0 radical (unpaired) electrons. The summed E-state index contributed by atoms with van der Waals surface area (Å²) in [7, 11) is 6.02. The zero-order valence-corrected chi connectivity index (χ0v) is 11.7. The summed E-state index contributed by atoms with van der Waals surface area (Å²) in [5.74, 6) is 1.74. The van der Waals surface area contributed by atoms with E-state index >= 15 is 0 Å². The van der Waals surface area contributed by atoms with Gasteiger partial charge in [0, 0.05) is 46.1 Å². The van der Waals surface area contributed by atoms with Crippen LogP contribution in [0.2, 0.25) is 0 Å². The van der Waals surface area contributed by atoms with Gasteiger partial charge in [-0.05, 0) is 19.8 Å². The summed E-state index contributed by atoms with van der Waals surface area (Å²) in [6.45, 7) is 3.77. The second-order valence-electron chi connectivity index (χ2n) is 5.09. The van der Waals surface area contributed by atoms with E-state index < -0.39 is 0 Å². The van der Waals surface area contributed by atoms with Gasteiger partial charge in [-0.15, -0.1) is 0 Å². The Morgan fingerprint density at radius 1 is 1.39 bits per heavy atom. The van der Waals surface area contributed by atoms with Crippen molar-refractivity contribution in [3.05, 3.63) is 11.8 Å². The van der Waals surface area contributed by atoms with Crippen LogP contribution in [-0.4, -0.2) is 50.4 Å². The van der Waals surface area contributed by atoms with Crippen LogP contribution in [0.5, 0.6) is 0 Å². The summed E-state index contributed by atoms with van der Waals surface area (Å²) >= 11 is 0. The first-order valence-electron chi connectivity index (χ1n) is 6.41. The van der Waals surface area contributed by atoms with Gasteiger partial charge in [0.05, 0.1) is 6.10 Å². The van der Waals surface area contributed by atoms with Gasteiger partial charge in [0.25, 0.3) is 0 Å². The van der Waals surface area contributed by atoms with Crippen molar-refractivity contribution < 1.29 is 4.74 Å². The molecular weight excluding hydrogens is 228 g/mol. The third-order valence-electron chi connectivity index (χ3n) is 3.20. The Kier molecular flexibility index (Phi) is 4.01. The van der Waals surface area contributed by atoms with Gasteiger partial charge in [-0.2, -0.15) is 4.98 Å². The van der Waals surface area contributed by atoms with Gasteiger partial charge in [0.2, 0.25) is 5.95 Å². The molecule has 1 aromatic rings. The summed E-state index contributed by atoms with van der Waals surface area (Å²) in [6.07, 6.45) is 4.50. The number of aryl methyl sites for hydroxylation is 1. The second kappa shape index (κ2) is 5.52. The fourth-order valence-corrected chi connectivity index (χ4v) is 2.24. The van der Waals surface area contributed by atoms with Gasteiger partial charge >= 0.3 is 0 Å². The van der Waals surface area contributed by atoms with E-state index in [0.29, 0.717) is 6.10 Å². The van der Waals surface area contributed by atoms with Crippen molar-refractivity contribution in [2.24, 2.45) is 0 Å². The van der Waals surface area contributed by atoms with E-state index in [9.17, 15) is 0 Å². The number of ether oxygens (including phenoxy) is 1. The minimum Gasteiger partial charge on any atom is -0.376 e. The molecule has 0 N–H and O–H groups in total. The molecule has 1 aliphatic heterocycles. The molecule has 0 aromatic carbocycles. The fraction of sp³-hybridized carbons (Fsp3) is 0.692. The third kappa shape index (κ3) is 2.90. The Bertz CT molecular complexity index is 402. The topological polar surface area (TPSA) is 41.5 Å². The molecule has 18 heavy (non-hydrogen) atoms. The number of anilines is 2. The van der Waals surface area contributed by atoms with Crippen molar-refractivity contribution in [3.63, 3.8) is 0 Å². The lowest BCUT2D eigenvalue weighted by Crippen LogP contribution is -2.30. The lowest BCUT2D eigenvalue weighted by Gasteiger charge is -2.22. The second-order valence-corrected chi connectivity index (χ2v) is 5.09. The fourth-order valence-electron chi connectivity index (χ4n) is 2.24. The van der Waals surface area contributed by atoms with E-state index in [2.05, 4.69) is 14.9 Å². The predicted octanol–water partition coefficient (Wildman–Crippen LogP) is 1.47. The van der Waals surface area contributed by atoms with E-state index in [1.807, 2.05) is 39.2 Å². The Balaban J connectivity index is 2.09. The lowest BCUT2D eigenvalue weighted by atomic mass is 10.2. The number of rotatable bonds is 4. The van der Waals surface area contributed by atoms with Crippen LogP contribution in [0.4, 0.5) is 11.8 Å². The van der Waals surface area contributed by atoms with Crippen LogP contribution in [-0.2, 0) is 4.74 Å². The monoisotopic (exact) mass is 250 g/mol. The molecule has 0 bridgehead atoms. The summed E-state index contributed by atoms with van der Waals surface area (Å²) in [5, 5.41) is 0. The SMILES string of the molecule is Cc1cnc(N(C)CC2CCCO2)nc1N(C)C. The molecule has 5 heteroatoms. The molecule has 2 heterocycles. The van der Waals surface area contributed by atoms with Crippen LogP contribution in [0.25, 0.3) is 0 Å². The first kappa shape index (κ1) is 13.1. The molecule has 2 rings (SSSR count). The molecular formula is C13H22N4O. The molecule has 1 unspecified atom stereocenters. The molecule has 1 aliphatic rings. The van der Waals surface area contributed by atoms with Gasteiger partial charge < -0.3 is 14.5 Å². The van der Waals surface area contributed by atoms with E-state index in [1.165, 1.54) is 0 Å². The Labute approximate surface area is 109 Å². The van der Waals surface area contributed by atoms with E-state index in [4.69, 9.17) is 4.74 Å². The van der Waals surface area contributed by atoms with E-state index in [1.54, 1.807) is 0 Å². The van der Waals surface area contributed by atoms with Gasteiger partial charge in [-0.3, -0.25) is 0 Å². The number of aromatic nitrogens is 2. The van der Waals surface area contributed by atoms with Gasteiger partial charge in [-0.1, -0.05) is 0 Å². The predicted molar refractivity (Wildman–Crippen MR) is 73.3 cm³/mol. The smallest absolute Gasteiger partial charge is 0.227 e. The maximum atomic E-state index is 5.64. The van der Waals surface area contributed by atoms with Gasteiger partial charge in [0.1, 0.15) is 5.82 Å². The first-order chi connectivity index (χ1) is 8.58. The molecule has 1 fully saturated rings. The maximum absolute atomic E-state index is 5.64. The molecule has 0 amide bonds. The van der Waals surface area contributed by atoms with Crippen LogP contribution in [0.1, 0.15) is 18.4 Å². The zero-order valence-electron chi connectivity index (χ0n) is 11.7. The van der Waals surface area contributed by atoms with Crippen molar-refractivity contribution in [1.82, 2.24) is 9.97 Å². The number of nitrogens with zero attached hydrogens (tertiary/aromatic N) is 4. The standard InChI is InChI=1S/C13H22N4O/c1-10-8-14-13(15-12(10)16(2)3)17(4)9-11-6-5-7-18-11/h8,11H,5-7,9H2,1-4H3. The van der Waals surface area contributed by atoms with Crippen LogP contribution < -0.4 is 9.80 Å². The van der Waals surface area contributed by atoms with E-state index in [-0.39, 0.29) is 0 Å². The average molecular weight is 250 g/mol. The van der Waals surface area contributed by atoms with Crippen molar-refractivity contribution in [1.29, 1.82) is 0 Å². The summed E-state index contributed by atoms with van der Waals surface area (Å²) in [5.41, 5.74) is 1.09. The van der Waals surface area contributed by atoms with Crippen molar-refractivity contribution in [2.45, 2.75) is 25.9 Å². The quantitative estimate of drug-likeness (QED) is 0.809. The number of likely N-dealkylation sites (N-methyl/N-ethyl adjacent to an activating group) is 1. The normalized spacial score (nSPS) is 19.0. The molecule has 0 spiro atoms. The lowest BCUT2D eigenvalue weighted by molar-refractivity contribution is 0.116. The third-order valence-corrected chi connectivity index (χ3v) is 3.20. The van der Waals surface area contributed by atoms with Crippen LogP contribution in [0, 0.1) is 6.92 Å². The highest BCUT2D eigenvalue weighted by Gasteiger charge is 2.19. The van der Waals surface area contributed by atoms with E-state index in [0.717, 1.165) is 43.3 Å². The summed E-state index contributed by atoms with van der Waals surface area (Å²) < 4.78 is 5.64. The number of hydrogen-bond donors (Lipinski definition) is 0. The maximum Gasteiger partial charge on any atom is 0.227 e. The molecule has 0 aliphatic carbocycles. The molecule has 100 valence electrons. The average Bonchev–Trinajstić information content (AvgIpc) is 2.81. The van der Waals surface area contributed by atoms with Crippen molar-refractivity contribution in [2.75, 3.05) is 44.1 Å². The van der Waals surface area contributed by atoms with Crippen LogP contribution >= 0.6 is 0 Å². The van der Waals surface area contributed by atoms with Gasteiger partial charge in [0.15, 0.2) is 0 Å². The Hall–Kier alpha value is -1.36. The first-order valence-corrected chi connectivity index (χ1v) is 6.41. The molecule has 0 saturated carbocycles. The Morgan fingerprint density at radius 2 is 2.17 bits per heavy atom. The molecule has 1 atom stereocenters. The summed E-state index contributed by atoms with van der Waals surface area (Å²) in [6, 6.07) is 0. The van der Waals surface area contributed by atoms with Crippen LogP contribution in [0.3, 0.4) is 0 Å². The van der Waals surface area contributed by atoms with Crippen molar-refractivity contribution in [3.8, 4) is 0 Å². The Morgan fingerprint density at radius 3 is 2.78 bits per heavy atom. The van der Waals surface area contributed by atoms with Crippen molar-refractivity contribution >= 4 is 11.8 Å². The molecule has 1 saturated heterocycles. The molecule has 1 aromatic heterocycles. The minimum absolute atomic E-state index is 0.322. The highest BCUT2D eigenvalue weighted by Crippen LogP contribution is 2.19.